The molecule has 0 unspecified atom stereocenters. The number of aromatic amines is 1. The van der Waals surface area contributed by atoms with E-state index in [9.17, 15) is 12.8 Å². The van der Waals surface area contributed by atoms with Gasteiger partial charge < -0.3 is 0 Å². The first-order valence-electron chi connectivity index (χ1n) is 7.78. The van der Waals surface area contributed by atoms with Gasteiger partial charge in [-0.25, -0.2) is 12.8 Å². The third kappa shape index (κ3) is 2.58. The molecule has 2 aromatic heterocycles. The fraction of sp³-hybridized carbons (Fsp3) is 0.294. The van der Waals surface area contributed by atoms with E-state index in [0.717, 1.165) is 35.0 Å². The second-order valence-electron chi connectivity index (χ2n) is 6.21. The van der Waals surface area contributed by atoms with Crippen LogP contribution in [0.2, 0.25) is 0 Å². The van der Waals surface area contributed by atoms with Crippen molar-refractivity contribution in [3.63, 3.8) is 0 Å². The number of aryl methyl sites for hydroxylation is 1. The minimum absolute atomic E-state index is 0.158. The molecule has 2 heterocycles. The zero-order valence-corrected chi connectivity index (χ0v) is 13.9. The molecule has 3 aromatic rings. The maximum absolute atomic E-state index is 14.7. The first-order valence-corrected chi connectivity index (χ1v) is 9.15. The van der Waals surface area contributed by atoms with Crippen molar-refractivity contribution in [1.82, 2.24) is 15.2 Å². The number of H-pyrrole nitrogens is 1. The Labute approximate surface area is 139 Å². The van der Waals surface area contributed by atoms with E-state index in [1.165, 1.54) is 6.07 Å². The van der Waals surface area contributed by atoms with Gasteiger partial charge in [0.05, 0.1) is 22.7 Å². The number of halogens is 1. The SMILES string of the molecule is Cc1cc(-c2nccc3[nH]nc(C4CC4)c23)c(F)cc1C[SH](=O)=O. The molecule has 1 aliphatic rings. The zero-order valence-electron chi connectivity index (χ0n) is 13.0. The molecule has 1 fully saturated rings. The number of hydrogen-bond donors (Lipinski definition) is 2. The third-order valence-electron chi connectivity index (χ3n) is 4.45. The molecule has 0 bridgehead atoms. The van der Waals surface area contributed by atoms with Crippen molar-refractivity contribution in [2.45, 2.75) is 31.4 Å². The highest BCUT2D eigenvalue weighted by atomic mass is 32.2. The highest BCUT2D eigenvalue weighted by Gasteiger charge is 2.30. The van der Waals surface area contributed by atoms with Crippen molar-refractivity contribution in [3.8, 4) is 11.3 Å². The topological polar surface area (TPSA) is 75.7 Å². The largest absolute Gasteiger partial charge is 0.277 e. The Morgan fingerprint density at radius 3 is 2.83 bits per heavy atom. The van der Waals surface area contributed by atoms with Gasteiger partial charge in [-0.05, 0) is 49.1 Å². The molecule has 0 aliphatic heterocycles. The van der Waals surface area contributed by atoms with E-state index in [1.54, 1.807) is 19.2 Å². The average Bonchev–Trinajstić information content (AvgIpc) is 3.29. The first-order chi connectivity index (χ1) is 11.5. The van der Waals surface area contributed by atoms with E-state index in [0.29, 0.717) is 22.7 Å². The Morgan fingerprint density at radius 1 is 1.33 bits per heavy atom. The molecule has 0 saturated heterocycles. The number of benzene rings is 1. The fourth-order valence-corrected chi connectivity index (χ4v) is 3.68. The molecule has 4 rings (SSSR count). The van der Waals surface area contributed by atoms with Crippen LogP contribution in [0.25, 0.3) is 22.2 Å². The number of hydrogen-bond acceptors (Lipinski definition) is 4. The maximum atomic E-state index is 14.7. The summed E-state index contributed by atoms with van der Waals surface area (Å²) >= 11 is 0. The van der Waals surface area contributed by atoms with Crippen LogP contribution >= 0.6 is 0 Å². The Bertz CT molecular complexity index is 1010. The van der Waals surface area contributed by atoms with Gasteiger partial charge in [0.25, 0.3) is 0 Å². The van der Waals surface area contributed by atoms with Crippen LogP contribution in [0.3, 0.4) is 0 Å². The molecule has 0 amide bonds. The highest BCUT2D eigenvalue weighted by Crippen LogP contribution is 2.44. The lowest BCUT2D eigenvalue weighted by Crippen LogP contribution is -1.97. The fourth-order valence-electron chi connectivity index (χ4n) is 3.06. The number of nitrogens with one attached hydrogen (secondary N) is 1. The van der Waals surface area contributed by atoms with E-state index in [4.69, 9.17) is 0 Å². The lowest BCUT2D eigenvalue weighted by atomic mass is 9.99. The van der Waals surface area contributed by atoms with E-state index in [-0.39, 0.29) is 5.75 Å². The van der Waals surface area contributed by atoms with E-state index in [2.05, 4.69) is 15.2 Å². The van der Waals surface area contributed by atoms with Crippen molar-refractivity contribution in [3.05, 3.63) is 47.0 Å². The number of nitrogens with zero attached hydrogens (tertiary/aromatic N) is 2. The van der Waals surface area contributed by atoms with Crippen LogP contribution in [0.15, 0.2) is 24.4 Å². The molecule has 0 radical (unpaired) electrons. The Kier molecular flexibility index (Phi) is 3.60. The van der Waals surface area contributed by atoms with Crippen molar-refractivity contribution >= 4 is 21.6 Å². The molecule has 0 atom stereocenters. The highest BCUT2D eigenvalue weighted by molar-refractivity contribution is 7.71. The third-order valence-corrected chi connectivity index (χ3v) is 5.05. The van der Waals surface area contributed by atoms with Crippen LogP contribution in [-0.2, 0) is 16.5 Å². The van der Waals surface area contributed by atoms with E-state index in [1.807, 2.05) is 6.07 Å². The minimum atomic E-state index is -2.59. The summed E-state index contributed by atoms with van der Waals surface area (Å²) in [6.07, 6.45) is 3.81. The number of fused-ring (bicyclic) bond motifs is 1. The van der Waals surface area contributed by atoms with Crippen LogP contribution in [0, 0.1) is 12.7 Å². The van der Waals surface area contributed by atoms with Crippen LogP contribution in [0.5, 0.6) is 0 Å². The van der Waals surface area contributed by atoms with Crippen molar-refractivity contribution < 1.29 is 12.8 Å². The van der Waals surface area contributed by atoms with Crippen LogP contribution in [0.1, 0.15) is 35.6 Å². The molecule has 1 saturated carbocycles. The lowest BCUT2D eigenvalue weighted by Gasteiger charge is -2.10. The van der Waals surface area contributed by atoms with Gasteiger partial charge in [0.15, 0.2) is 0 Å². The normalized spacial score (nSPS) is 14.6. The standard InChI is InChI=1S/C17H16FN3O2S/c1-9-6-12(13(18)7-11(9)8-24(22)23)17-15-14(4-5-19-17)20-21-16(15)10-2-3-10/h4-7,10,24H,2-3,8H2,1H3,(H,20,21). The molecule has 5 nitrogen and oxygen atoms in total. The van der Waals surface area contributed by atoms with Gasteiger partial charge in [-0.15, -0.1) is 0 Å². The summed E-state index contributed by atoms with van der Waals surface area (Å²) in [6, 6.07) is 4.81. The quantitative estimate of drug-likeness (QED) is 0.713. The molecule has 0 spiro atoms. The van der Waals surface area contributed by atoms with E-state index >= 15 is 0 Å². The smallest absolute Gasteiger partial charge is 0.144 e. The summed E-state index contributed by atoms with van der Waals surface area (Å²) in [7, 11) is -2.59. The summed E-state index contributed by atoms with van der Waals surface area (Å²) in [5.74, 6) is -0.209. The lowest BCUT2D eigenvalue weighted by molar-refractivity contribution is 0.612. The number of thiol groups is 1. The number of rotatable bonds is 4. The molecule has 124 valence electrons. The molecular formula is C17H16FN3O2S. The Morgan fingerprint density at radius 2 is 2.12 bits per heavy atom. The van der Waals surface area contributed by atoms with Gasteiger partial charge in [-0.2, -0.15) is 5.10 Å². The summed E-state index contributed by atoms with van der Waals surface area (Å²) in [5.41, 5.74) is 3.94. The van der Waals surface area contributed by atoms with Gasteiger partial charge in [0.2, 0.25) is 0 Å². The summed E-state index contributed by atoms with van der Waals surface area (Å²) < 4.78 is 36.6. The average molecular weight is 345 g/mol. The van der Waals surface area contributed by atoms with Crippen LogP contribution < -0.4 is 0 Å². The van der Waals surface area contributed by atoms with Gasteiger partial charge >= 0.3 is 0 Å². The molecule has 1 N–H and O–H groups in total. The first kappa shape index (κ1) is 15.3. The Balaban J connectivity index is 1.91. The maximum Gasteiger partial charge on any atom is 0.144 e. The molecule has 1 aliphatic carbocycles. The summed E-state index contributed by atoms with van der Waals surface area (Å²) in [5, 5.41) is 8.25. The monoisotopic (exact) mass is 345 g/mol. The van der Waals surface area contributed by atoms with E-state index < -0.39 is 16.5 Å². The minimum Gasteiger partial charge on any atom is -0.277 e. The zero-order chi connectivity index (χ0) is 16.8. The predicted molar refractivity (Wildman–Crippen MR) is 90.0 cm³/mol. The van der Waals surface area contributed by atoms with Gasteiger partial charge in [0.1, 0.15) is 16.5 Å². The van der Waals surface area contributed by atoms with Crippen LogP contribution in [0.4, 0.5) is 4.39 Å². The second-order valence-corrected chi connectivity index (χ2v) is 7.20. The number of pyridine rings is 1. The summed E-state index contributed by atoms with van der Waals surface area (Å²) in [6.45, 7) is 1.79. The molecule has 24 heavy (non-hydrogen) atoms. The van der Waals surface area contributed by atoms with Crippen molar-refractivity contribution in [2.24, 2.45) is 0 Å². The second kappa shape index (κ2) is 5.66. The molecular weight excluding hydrogens is 329 g/mol. The Hall–Kier alpha value is -2.28. The predicted octanol–water partition coefficient (Wildman–Crippen LogP) is 3.06. The van der Waals surface area contributed by atoms with Crippen molar-refractivity contribution in [2.75, 3.05) is 0 Å². The summed E-state index contributed by atoms with van der Waals surface area (Å²) in [4.78, 5) is 4.39. The van der Waals surface area contributed by atoms with Crippen molar-refractivity contribution in [1.29, 1.82) is 0 Å². The van der Waals surface area contributed by atoms with Gasteiger partial charge in [-0.1, -0.05) is 0 Å². The van der Waals surface area contributed by atoms with Gasteiger partial charge in [0, 0.05) is 23.1 Å². The van der Waals surface area contributed by atoms with Gasteiger partial charge in [-0.3, -0.25) is 10.1 Å². The molecule has 1 aromatic carbocycles. The van der Waals surface area contributed by atoms with Crippen LogP contribution in [-0.4, -0.2) is 23.6 Å². The number of aromatic nitrogens is 3. The molecule has 7 heteroatoms.